The van der Waals surface area contributed by atoms with E-state index >= 15 is 0 Å². The Kier molecular flexibility index (Phi) is 7.64. The van der Waals surface area contributed by atoms with Crippen LogP contribution in [0.1, 0.15) is 62.4 Å². The molecule has 4 rings (SSSR count). The van der Waals surface area contributed by atoms with Crippen LogP contribution in [0.3, 0.4) is 0 Å². The minimum atomic E-state index is 0.384. The number of hydrogen-bond donors (Lipinski definition) is 2. The monoisotopic (exact) mass is 381 g/mol. The first-order valence-corrected chi connectivity index (χ1v) is 10.4. The van der Waals surface area contributed by atoms with Gasteiger partial charge in [0.2, 0.25) is 5.95 Å². The molecule has 3 heterocycles. The summed E-state index contributed by atoms with van der Waals surface area (Å²) >= 11 is 0. The first-order chi connectivity index (χ1) is 13.7. The van der Waals surface area contributed by atoms with Crippen molar-refractivity contribution in [2.45, 2.75) is 51.9 Å². The van der Waals surface area contributed by atoms with E-state index in [-0.39, 0.29) is 0 Å². The lowest BCUT2D eigenvalue weighted by Crippen LogP contribution is -2.13. The van der Waals surface area contributed by atoms with Gasteiger partial charge in [0.15, 0.2) is 0 Å². The molecule has 1 aromatic heterocycles. The van der Waals surface area contributed by atoms with Crippen molar-refractivity contribution >= 4 is 11.6 Å². The lowest BCUT2D eigenvalue weighted by Gasteiger charge is -2.11. The molecule has 6 nitrogen and oxygen atoms in total. The number of fused-ring (bicyclic) bond motifs is 12. The second-order valence-corrected chi connectivity index (χ2v) is 7.12. The molecule has 2 N–H and O–H groups in total. The molecule has 4 bridgehead atoms. The molecule has 2 aliphatic rings. The van der Waals surface area contributed by atoms with Crippen molar-refractivity contribution in [3.8, 4) is 6.01 Å². The van der Waals surface area contributed by atoms with Gasteiger partial charge in [-0.3, -0.25) is 0 Å². The normalized spacial score (nSPS) is 16.2. The van der Waals surface area contributed by atoms with Gasteiger partial charge in [-0.1, -0.05) is 56.5 Å². The van der Waals surface area contributed by atoms with Gasteiger partial charge in [-0.2, -0.15) is 15.0 Å². The summed E-state index contributed by atoms with van der Waals surface area (Å²) in [5, 5.41) is 6.78. The SMILES string of the molecule is C=C1NCCCCCCCCNc2nc(nc(OCC)n2)Cc2ccc1cc2. The molecule has 150 valence electrons. The van der Waals surface area contributed by atoms with E-state index in [9.17, 15) is 0 Å². The van der Waals surface area contributed by atoms with Crippen molar-refractivity contribution in [3.05, 3.63) is 47.8 Å². The molecule has 0 saturated carbocycles. The van der Waals surface area contributed by atoms with E-state index in [1.807, 2.05) is 6.92 Å². The first kappa shape index (κ1) is 20.1. The predicted molar refractivity (Wildman–Crippen MR) is 113 cm³/mol. The van der Waals surface area contributed by atoms with Crippen molar-refractivity contribution < 1.29 is 4.74 Å². The zero-order valence-electron chi connectivity index (χ0n) is 16.8. The van der Waals surface area contributed by atoms with E-state index < -0.39 is 0 Å². The number of anilines is 1. The third kappa shape index (κ3) is 6.22. The van der Waals surface area contributed by atoms with E-state index in [0.717, 1.165) is 36.3 Å². The van der Waals surface area contributed by atoms with Crippen LogP contribution < -0.4 is 15.4 Å². The molecule has 2 aromatic rings. The van der Waals surface area contributed by atoms with Crippen molar-refractivity contribution in [1.29, 1.82) is 0 Å². The molecule has 2 aliphatic heterocycles. The van der Waals surface area contributed by atoms with Crippen LogP contribution in [0.15, 0.2) is 30.8 Å². The largest absolute Gasteiger partial charge is 0.464 e. The van der Waals surface area contributed by atoms with Crippen LogP contribution in [0.5, 0.6) is 6.01 Å². The number of nitrogens with one attached hydrogen (secondary N) is 2. The van der Waals surface area contributed by atoms with E-state index in [1.54, 1.807) is 0 Å². The molecular formula is C22H31N5O. The molecule has 28 heavy (non-hydrogen) atoms. The number of nitrogens with zero attached hydrogens (tertiary/aromatic N) is 3. The molecule has 0 radical (unpaired) electrons. The Morgan fingerprint density at radius 2 is 1.57 bits per heavy atom. The summed E-state index contributed by atoms with van der Waals surface area (Å²) in [6.07, 6.45) is 7.93. The van der Waals surface area contributed by atoms with Gasteiger partial charge in [0.1, 0.15) is 5.82 Å². The number of rotatable bonds is 2. The molecule has 1 aromatic carbocycles. The fraction of sp³-hybridized carbons (Fsp3) is 0.500. The first-order valence-electron chi connectivity index (χ1n) is 10.4. The second-order valence-electron chi connectivity index (χ2n) is 7.12. The highest BCUT2D eigenvalue weighted by Crippen LogP contribution is 2.16. The van der Waals surface area contributed by atoms with Crippen molar-refractivity contribution in [3.63, 3.8) is 0 Å². The fourth-order valence-electron chi connectivity index (χ4n) is 3.25. The minimum Gasteiger partial charge on any atom is -0.464 e. The van der Waals surface area contributed by atoms with Crippen LogP contribution in [0.4, 0.5) is 5.95 Å². The third-order valence-electron chi connectivity index (χ3n) is 4.82. The maximum Gasteiger partial charge on any atom is 0.321 e. The molecule has 0 saturated heterocycles. The lowest BCUT2D eigenvalue weighted by molar-refractivity contribution is 0.310. The van der Waals surface area contributed by atoms with Gasteiger partial charge >= 0.3 is 6.01 Å². The summed E-state index contributed by atoms with van der Waals surface area (Å²) in [6, 6.07) is 8.79. The quantitative estimate of drug-likeness (QED) is 0.813. The third-order valence-corrected chi connectivity index (χ3v) is 4.82. The molecule has 0 unspecified atom stereocenters. The Morgan fingerprint density at radius 1 is 0.893 bits per heavy atom. The van der Waals surface area contributed by atoms with Crippen LogP contribution in [0.2, 0.25) is 0 Å². The smallest absolute Gasteiger partial charge is 0.321 e. The molecule has 0 atom stereocenters. The van der Waals surface area contributed by atoms with Gasteiger partial charge in [0.05, 0.1) is 6.61 Å². The van der Waals surface area contributed by atoms with Gasteiger partial charge in [0.25, 0.3) is 0 Å². The summed E-state index contributed by atoms with van der Waals surface area (Å²) in [4.78, 5) is 13.4. The summed E-state index contributed by atoms with van der Waals surface area (Å²) in [5.41, 5.74) is 3.25. The highest BCUT2D eigenvalue weighted by molar-refractivity contribution is 5.61. The van der Waals surface area contributed by atoms with Gasteiger partial charge in [0, 0.05) is 25.2 Å². The van der Waals surface area contributed by atoms with Crippen LogP contribution in [0.25, 0.3) is 5.70 Å². The number of hydrogen-bond acceptors (Lipinski definition) is 6. The van der Waals surface area contributed by atoms with E-state index in [0.29, 0.717) is 30.8 Å². The Morgan fingerprint density at radius 3 is 2.29 bits per heavy atom. The summed E-state index contributed by atoms with van der Waals surface area (Å²) in [7, 11) is 0. The Labute approximate surface area is 167 Å². The second kappa shape index (κ2) is 10.6. The number of ether oxygens (including phenoxy) is 1. The number of aromatic nitrogens is 3. The van der Waals surface area contributed by atoms with Crippen LogP contribution in [0, 0.1) is 0 Å². The zero-order chi connectivity index (χ0) is 19.6. The molecular weight excluding hydrogens is 350 g/mol. The highest BCUT2D eigenvalue weighted by atomic mass is 16.5. The standard InChI is InChI=1S/C22H31N5O/c1-3-28-22-26-20-16-18-10-12-19(13-11-18)17(2)23-14-8-6-4-5-7-9-15-24-21(25-20)27-22/h10-13,23H,2-9,14-16H2,1H3,(H,24,25,26,27). The Balaban J connectivity index is 1.78. The van der Waals surface area contributed by atoms with Gasteiger partial charge < -0.3 is 15.4 Å². The maximum atomic E-state index is 5.53. The molecule has 0 aliphatic carbocycles. The van der Waals surface area contributed by atoms with Gasteiger partial charge in [-0.25, -0.2) is 0 Å². The Bertz CT molecular complexity index is 760. The average Bonchev–Trinajstić information content (AvgIpc) is 2.69. The van der Waals surface area contributed by atoms with Gasteiger partial charge in [-0.15, -0.1) is 0 Å². The fourth-order valence-corrected chi connectivity index (χ4v) is 3.25. The molecule has 0 spiro atoms. The average molecular weight is 382 g/mol. The van der Waals surface area contributed by atoms with Gasteiger partial charge in [-0.05, 0) is 30.9 Å². The van der Waals surface area contributed by atoms with Crippen LogP contribution in [-0.4, -0.2) is 34.6 Å². The highest BCUT2D eigenvalue weighted by Gasteiger charge is 2.09. The molecule has 6 heteroatoms. The predicted octanol–water partition coefficient (Wildman–Crippen LogP) is 4.19. The van der Waals surface area contributed by atoms with E-state index in [1.165, 1.54) is 32.1 Å². The van der Waals surface area contributed by atoms with Crippen molar-refractivity contribution in [2.75, 3.05) is 25.0 Å². The summed E-state index contributed by atoms with van der Waals surface area (Å²) in [6.45, 7) is 8.48. The topological polar surface area (TPSA) is 72.0 Å². The van der Waals surface area contributed by atoms with Crippen LogP contribution >= 0.6 is 0 Å². The summed E-state index contributed by atoms with van der Waals surface area (Å²) < 4.78 is 5.53. The minimum absolute atomic E-state index is 0.384. The number of benzene rings is 1. The molecule has 0 amide bonds. The van der Waals surface area contributed by atoms with Crippen molar-refractivity contribution in [1.82, 2.24) is 20.3 Å². The Hall–Kier alpha value is -2.63. The summed E-state index contributed by atoms with van der Waals surface area (Å²) in [5.74, 6) is 1.31. The molecule has 0 fully saturated rings. The maximum absolute atomic E-state index is 5.53. The van der Waals surface area contributed by atoms with Crippen molar-refractivity contribution in [2.24, 2.45) is 0 Å². The zero-order valence-corrected chi connectivity index (χ0v) is 16.8. The van der Waals surface area contributed by atoms with E-state index in [4.69, 9.17) is 4.74 Å². The lowest BCUT2D eigenvalue weighted by atomic mass is 10.1. The van der Waals surface area contributed by atoms with E-state index in [2.05, 4.69) is 56.4 Å². The van der Waals surface area contributed by atoms with Crippen LogP contribution in [-0.2, 0) is 6.42 Å².